The van der Waals surface area contributed by atoms with Crippen molar-refractivity contribution in [2.24, 2.45) is 11.7 Å². The molecule has 1 amide bonds. The van der Waals surface area contributed by atoms with Gasteiger partial charge in [-0.25, -0.2) is 8.42 Å². The maximum absolute atomic E-state index is 12.7. The molecule has 0 aromatic carbocycles. The molecule has 0 aromatic rings. The van der Waals surface area contributed by atoms with Crippen molar-refractivity contribution in [1.82, 2.24) is 4.90 Å². The summed E-state index contributed by atoms with van der Waals surface area (Å²) in [6.07, 6.45) is 3.18. The molecule has 1 aliphatic heterocycles. The minimum Gasteiger partial charge on any atom is -0.383 e. The van der Waals surface area contributed by atoms with Gasteiger partial charge in [-0.3, -0.25) is 4.79 Å². The normalized spacial score (nSPS) is 32.4. The van der Waals surface area contributed by atoms with E-state index in [0.29, 0.717) is 19.6 Å². The van der Waals surface area contributed by atoms with Crippen molar-refractivity contribution in [3.63, 3.8) is 0 Å². The Hall–Kier alpha value is -0.660. The SMILES string of the molecule is COCCN(C(=O)C1CCCC1N)C1CCS(=O)(=O)C1. The number of nitrogens with zero attached hydrogens (tertiary/aromatic N) is 1. The second-order valence-electron chi connectivity index (χ2n) is 5.78. The van der Waals surface area contributed by atoms with Crippen LogP contribution in [0.2, 0.25) is 0 Å². The van der Waals surface area contributed by atoms with E-state index in [-0.39, 0.29) is 35.4 Å². The lowest BCUT2D eigenvalue weighted by atomic mass is 10.0. The summed E-state index contributed by atoms with van der Waals surface area (Å²) in [4.78, 5) is 14.4. The monoisotopic (exact) mass is 304 g/mol. The van der Waals surface area contributed by atoms with Crippen molar-refractivity contribution < 1.29 is 17.9 Å². The average molecular weight is 304 g/mol. The van der Waals surface area contributed by atoms with Crippen LogP contribution in [-0.4, -0.2) is 63.1 Å². The Morgan fingerprint density at radius 2 is 2.10 bits per heavy atom. The summed E-state index contributed by atoms with van der Waals surface area (Å²) < 4.78 is 28.3. The fourth-order valence-corrected chi connectivity index (χ4v) is 4.92. The van der Waals surface area contributed by atoms with Crippen molar-refractivity contribution in [2.45, 2.75) is 37.8 Å². The quantitative estimate of drug-likeness (QED) is 0.758. The average Bonchev–Trinajstić information content (AvgIpc) is 2.95. The molecular formula is C13H24N2O4S. The van der Waals surface area contributed by atoms with Crippen molar-refractivity contribution in [3.8, 4) is 0 Å². The number of carbonyl (C=O) groups excluding carboxylic acids is 1. The van der Waals surface area contributed by atoms with Crippen LogP contribution in [0.4, 0.5) is 0 Å². The molecule has 3 unspecified atom stereocenters. The van der Waals surface area contributed by atoms with Crippen LogP contribution in [0.25, 0.3) is 0 Å². The van der Waals surface area contributed by atoms with E-state index in [4.69, 9.17) is 10.5 Å². The largest absolute Gasteiger partial charge is 0.383 e. The van der Waals surface area contributed by atoms with Crippen molar-refractivity contribution in [2.75, 3.05) is 31.8 Å². The van der Waals surface area contributed by atoms with Gasteiger partial charge >= 0.3 is 0 Å². The number of methoxy groups -OCH3 is 1. The lowest BCUT2D eigenvalue weighted by molar-refractivity contribution is -0.138. The number of nitrogens with two attached hydrogens (primary N) is 1. The van der Waals surface area contributed by atoms with Gasteiger partial charge in [0.1, 0.15) is 0 Å². The van der Waals surface area contributed by atoms with Gasteiger partial charge in [0.25, 0.3) is 0 Å². The molecule has 2 rings (SSSR count). The minimum atomic E-state index is -3.00. The van der Waals surface area contributed by atoms with Crippen LogP contribution in [-0.2, 0) is 19.4 Å². The topological polar surface area (TPSA) is 89.7 Å². The summed E-state index contributed by atoms with van der Waals surface area (Å²) in [6, 6.07) is -0.305. The molecule has 1 aliphatic carbocycles. The number of rotatable bonds is 5. The first-order valence-electron chi connectivity index (χ1n) is 7.20. The fourth-order valence-electron chi connectivity index (χ4n) is 3.19. The predicted octanol–water partition coefficient (Wildman–Crippen LogP) is -0.224. The Labute approximate surface area is 120 Å². The Balaban J connectivity index is 2.08. The zero-order valence-corrected chi connectivity index (χ0v) is 12.8. The highest BCUT2D eigenvalue weighted by Gasteiger charge is 2.39. The predicted molar refractivity (Wildman–Crippen MR) is 76.0 cm³/mol. The molecule has 2 aliphatic rings. The second kappa shape index (κ2) is 6.41. The standard InChI is InChI=1S/C13H24N2O4S/c1-19-7-6-15(10-5-8-20(17,18)9-10)13(16)11-3-2-4-12(11)14/h10-12H,2-9,14H2,1H3. The molecule has 2 N–H and O–H groups in total. The fraction of sp³-hybridized carbons (Fsp3) is 0.923. The second-order valence-corrected chi connectivity index (χ2v) is 8.01. The Morgan fingerprint density at radius 1 is 1.35 bits per heavy atom. The molecule has 1 saturated carbocycles. The van der Waals surface area contributed by atoms with Crippen LogP contribution in [0.1, 0.15) is 25.7 Å². The highest BCUT2D eigenvalue weighted by Crippen LogP contribution is 2.28. The number of ether oxygens (including phenoxy) is 1. The maximum Gasteiger partial charge on any atom is 0.227 e. The number of carbonyl (C=O) groups is 1. The molecule has 1 saturated heterocycles. The molecule has 0 aromatic heterocycles. The van der Waals surface area contributed by atoms with Crippen LogP contribution >= 0.6 is 0 Å². The summed E-state index contributed by atoms with van der Waals surface area (Å²) >= 11 is 0. The first kappa shape index (κ1) is 15.7. The third kappa shape index (κ3) is 3.51. The van der Waals surface area contributed by atoms with Gasteiger partial charge in [-0.2, -0.15) is 0 Å². The van der Waals surface area contributed by atoms with Crippen LogP contribution < -0.4 is 5.73 Å². The summed E-state index contributed by atoms with van der Waals surface area (Å²) in [7, 11) is -1.42. The molecular weight excluding hydrogens is 280 g/mol. The molecule has 6 nitrogen and oxygen atoms in total. The third-order valence-corrected chi connectivity index (χ3v) is 6.11. The summed E-state index contributed by atoms with van der Waals surface area (Å²) in [5.41, 5.74) is 6.00. The minimum absolute atomic E-state index is 0.00847. The number of hydrogen-bond donors (Lipinski definition) is 1. The molecule has 7 heteroatoms. The van der Waals surface area contributed by atoms with Gasteiger partial charge in [-0.05, 0) is 19.3 Å². The Bertz CT molecular complexity index is 451. The molecule has 0 bridgehead atoms. The van der Waals surface area contributed by atoms with Crippen LogP contribution in [0.15, 0.2) is 0 Å². The van der Waals surface area contributed by atoms with E-state index in [9.17, 15) is 13.2 Å². The molecule has 0 radical (unpaired) electrons. The van der Waals surface area contributed by atoms with Crippen LogP contribution in [0, 0.1) is 5.92 Å². The molecule has 1 heterocycles. The van der Waals surface area contributed by atoms with Gasteiger partial charge in [-0.1, -0.05) is 6.42 Å². The summed E-state index contributed by atoms with van der Waals surface area (Å²) in [5, 5.41) is 0. The first-order valence-corrected chi connectivity index (χ1v) is 9.02. The number of amides is 1. The lowest BCUT2D eigenvalue weighted by Crippen LogP contribution is -2.48. The highest BCUT2D eigenvalue weighted by atomic mass is 32.2. The van der Waals surface area contributed by atoms with Crippen molar-refractivity contribution >= 4 is 15.7 Å². The van der Waals surface area contributed by atoms with Gasteiger partial charge in [0.15, 0.2) is 9.84 Å². The van der Waals surface area contributed by atoms with E-state index in [0.717, 1.165) is 19.3 Å². The van der Waals surface area contributed by atoms with Gasteiger partial charge in [-0.15, -0.1) is 0 Å². The number of hydrogen-bond acceptors (Lipinski definition) is 5. The van der Waals surface area contributed by atoms with Crippen molar-refractivity contribution in [3.05, 3.63) is 0 Å². The highest BCUT2D eigenvalue weighted by molar-refractivity contribution is 7.91. The molecule has 0 spiro atoms. The van der Waals surface area contributed by atoms with Crippen LogP contribution in [0.3, 0.4) is 0 Å². The maximum atomic E-state index is 12.7. The van der Waals surface area contributed by atoms with E-state index in [2.05, 4.69) is 0 Å². The summed E-state index contributed by atoms with van der Waals surface area (Å²) in [5.74, 6) is 0.0968. The lowest BCUT2D eigenvalue weighted by Gasteiger charge is -2.31. The Kier molecular flexibility index (Phi) is 5.04. The van der Waals surface area contributed by atoms with E-state index in [1.165, 1.54) is 0 Å². The summed E-state index contributed by atoms with van der Waals surface area (Å²) in [6.45, 7) is 0.864. The zero-order valence-electron chi connectivity index (χ0n) is 12.0. The molecule has 116 valence electrons. The third-order valence-electron chi connectivity index (χ3n) is 4.36. The molecule has 20 heavy (non-hydrogen) atoms. The van der Waals surface area contributed by atoms with Gasteiger partial charge < -0.3 is 15.4 Å². The van der Waals surface area contributed by atoms with Crippen LogP contribution in [0.5, 0.6) is 0 Å². The van der Waals surface area contributed by atoms with Gasteiger partial charge in [0.05, 0.1) is 24.0 Å². The van der Waals surface area contributed by atoms with E-state index >= 15 is 0 Å². The van der Waals surface area contributed by atoms with Gasteiger partial charge in [0.2, 0.25) is 5.91 Å². The van der Waals surface area contributed by atoms with E-state index in [1.54, 1.807) is 12.0 Å². The molecule has 2 fully saturated rings. The molecule has 3 atom stereocenters. The van der Waals surface area contributed by atoms with E-state index < -0.39 is 9.84 Å². The van der Waals surface area contributed by atoms with E-state index in [1.807, 2.05) is 0 Å². The Morgan fingerprint density at radius 3 is 2.60 bits per heavy atom. The first-order chi connectivity index (χ1) is 9.44. The van der Waals surface area contributed by atoms with Crippen molar-refractivity contribution in [1.29, 1.82) is 0 Å². The smallest absolute Gasteiger partial charge is 0.227 e. The number of sulfone groups is 1. The van der Waals surface area contributed by atoms with Gasteiger partial charge in [0, 0.05) is 25.7 Å². The zero-order chi connectivity index (χ0) is 14.8.